The summed E-state index contributed by atoms with van der Waals surface area (Å²) in [7, 11) is 0. The van der Waals surface area contributed by atoms with Crippen LogP contribution in [0.3, 0.4) is 0 Å². The summed E-state index contributed by atoms with van der Waals surface area (Å²) in [5.41, 5.74) is 7.71. The van der Waals surface area contributed by atoms with Crippen LogP contribution in [-0.4, -0.2) is 23.2 Å². The van der Waals surface area contributed by atoms with Gasteiger partial charge < -0.3 is 20.2 Å². The Hall–Kier alpha value is -1.75. The Morgan fingerprint density at radius 1 is 1.30 bits per heavy atom. The number of aromatic amines is 1. The molecule has 5 heteroatoms. The van der Waals surface area contributed by atoms with E-state index in [4.69, 9.17) is 15.2 Å². The molecule has 1 aliphatic heterocycles. The van der Waals surface area contributed by atoms with Crippen LogP contribution in [0.4, 0.5) is 0 Å². The van der Waals surface area contributed by atoms with Gasteiger partial charge >= 0.3 is 0 Å². The lowest BCUT2D eigenvalue weighted by Crippen LogP contribution is -2.34. The minimum Gasteiger partial charge on any atom is -0.489 e. The van der Waals surface area contributed by atoms with Gasteiger partial charge in [-0.15, -0.1) is 0 Å². The van der Waals surface area contributed by atoms with Crippen molar-refractivity contribution in [2.45, 2.75) is 38.6 Å². The molecule has 0 amide bonds. The van der Waals surface area contributed by atoms with E-state index in [1.54, 1.807) is 0 Å². The van der Waals surface area contributed by atoms with E-state index in [2.05, 4.69) is 16.9 Å². The van der Waals surface area contributed by atoms with Crippen molar-refractivity contribution in [3.8, 4) is 11.5 Å². The quantitative estimate of drug-likeness (QED) is 0.903. The molecule has 3 N–H and O–H groups in total. The first-order chi connectivity index (χ1) is 9.60. The van der Waals surface area contributed by atoms with E-state index in [0.717, 1.165) is 47.6 Å². The molecule has 20 heavy (non-hydrogen) atoms. The molecule has 0 saturated carbocycles. The minimum atomic E-state index is -0.438. The minimum absolute atomic E-state index is 0.438. The van der Waals surface area contributed by atoms with E-state index in [-0.39, 0.29) is 0 Å². The van der Waals surface area contributed by atoms with E-state index in [1.807, 2.05) is 19.1 Å². The van der Waals surface area contributed by atoms with Crippen LogP contribution in [0.5, 0.6) is 11.5 Å². The number of hydrogen-bond donors (Lipinski definition) is 2. The molecule has 1 atom stereocenters. The van der Waals surface area contributed by atoms with Crippen LogP contribution in [0.15, 0.2) is 12.1 Å². The fraction of sp³-hybridized carbons (Fsp3) is 0.533. The van der Waals surface area contributed by atoms with Crippen LogP contribution >= 0.6 is 0 Å². The first-order valence-corrected chi connectivity index (χ1v) is 7.19. The lowest BCUT2D eigenvalue weighted by molar-refractivity contribution is 0.297. The fourth-order valence-electron chi connectivity index (χ4n) is 2.57. The van der Waals surface area contributed by atoms with Crippen molar-refractivity contribution in [1.82, 2.24) is 9.97 Å². The highest BCUT2D eigenvalue weighted by Gasteiger charge is 2.24. The molecule has 0 spiro atoms. The number of aromatic nitrogens is 2. The average molecular weight is 275 g/mol. The van der Waals surface area contributed by atoms with Gasteiger partial charge in [-0.3, -0.25) is 0 Å². The molecule has 0 aliphatic carbocycles. The number of ether oxygens (including phenoxy) is 2. The number of rotatable bonds is 3. The number of benzene rings is 1. The molecule has 0 bridgehead atoms. The maximum atomic E-state index is 6.33. The van der Waals surface area contributed by atoms with Crippen LogP contribution < -0.4 is 15.2 Å². The molecule has 5 nitrogen and oxygen atoms in total. The largest absolute Gasteiger partial charge is 0.489 e. The SMILES string of the molecule is CCCC(C)(N)c1nc2cc3c(cc2[nH]1)OCCCO3. The van der Waals surface area contributed by atoms with Gasteiger partial charge in [0.15, 0.2) is 11.5 Å². The molecule has 108 valence electrons. The van der Waals surface area contributed by atoms with Crippen LogP contribution in [0.1, 0.15) is 38.9 Å². The van der Waals surface area contributed by atoms with E-state index >= 15 is 0 Å². The standard InChI is InChI=1S/C15H21N3O2/c1-3-5-15(2,16)14-17-10-8-12-13(9-11(10)18-14)20-7-4-6-19-12/h8-9H,3-7,16H2,1-2H3,(H,17,18). The molecule has 1 aliphatic rings. The molecular weight excluding hydrogens is 254 g/mol. The highest BCUT2D eigenvalue weighted by atomic mass is 16.5. The number of imidazole rings is 1. The zero-order valence-corrected chi connectivity index (χ0v) is 12.0. The van der Waals surface area contributed by atoms with E-state index < -0.39 is 5.54 Å². The van der Waals surface area contributed by atoms with Gasteiger partial charge in [-0.1, -0.05) is 13.3 Å². The average Bonchev–Trinajstić information content (AvgIpc) is 2.68. The summed E-state index contributed by atoms with van der Waals surface area (Å²) in [4.78, 5) is 7.95. The van der Waals surface area contributed by atoms with Gasteiger partial charge in [0.25, 0.3) is 0 Å². The molecule has 3 rings (SSSR count). The van der Waals surface area contributed by atoms with Crippen LogP contribution in [-0.2, 0) is 5.54 Å². The third-order valence-electron chi connectivity index (χ3n) is 3.66. The Morgan fingerprint density at radius 2 is 2.00 bits per heavy atom. The van der Waals surface area contributed by atoms with Crippen molar-refractivity contribution in [2.24, 2.45) is 5.73 Å². The predicted molar refractivity (Wildman–Crippen MR) is 78.1 cm³/mol. The molecule has 2 aromatic rings. The normalized spacial score (nSPS) is 17.8. The second-order valence-electron chi connectivity index (χ2n) is 5.62. The zero-order chi connectivity index (χ0) is 14.2. The number of nitrogens with one attached hydrogen (secondary N) is 1. The second-order valence-corrected chi connectivity index (χ2v) is 5.62. The van der Waals surface area contributed by atoms with Gasteiger partial charge in [0.05, 0.1) is 29.8 Å². The predicted octanol–water partition coefficient (Wildman–Crippen LogP) is 2.70. The zero-order valence-electron chi connectivity index (χ0n) is 12.0. The van der Waals surface area contributed by atoms with Crippen molar-refractivity contribution in [2.75, 3.05) is 13.2 Å². The van der Waals surface area contributed by atoms with E-state index in [9.17, 15) is 0 Å². The maximum absolute atomic E-state index is 6.33. The molecule has 2 heterocycles. The molecule has 1 unspecified atom stereocenters. The van der Waals surface area contributed by atoms with E-state index in [0.29, 0.717) is 13.2 Å². The van der Waals surface area contributed by atoms with Crippen molar-refractivity contribution in [1.29, 1.82) is 0 Å². The Morgan fingerprint density at radius 3 is 2.70 bits per heavy atom. The molecule has 0 fully saturated rings. The second kappa shape index (κ2) is 4.98. The topological polar surface area (TPSA) is 73.2 Å². The third-order valence-corrected chi connectivity index (χ3v) is 3.66. The van der Waals surface area contributed by atoms with Gasteiger partial charge in [0, 0.05) is 18.6 Å². The van der Waals surface area contributed by atoms with Gasteiger partial charge in [-0.05, 0) is 13.3 Å². The molecule has 0 saturated heterocycles. The van der Waals surface area contributed by atoms with Crippen molar-refractivity contribution in [3.05, 3.63) is 18.0 Å². The lowest BCUT2D eigenvalue weighted by atomic mass is 9.97. The number of H-pyrrole nitrogens is 1. The molecule has 0 radical (unpaired) electrons. The highest BCUT2D eigenvalue weighted by Crippen LogP contribution is 2.34. The van der Waals surface area contributed by atoms with Crippen molar-refractivity contribution in [3.63, 3.8) is 0 Å². The van der Waals surface area contributed by atoms with Crippen LogP contribution in [0.25, 0.3) is 11.0 Å². The van der Waals surface area contributed by atoms with E-state index in [1.165, 1.54) is 0 Å². The van der Waals surface area contributed by atoms with Gasteiger partial charge in [-0.25, -0.2) is 4.98 Å². The maximum Gasteiger partial charge on any atom is 0.163 e. The molecule has 1 aromatic carbocycles. The number of hydrogen-bond acceptors (Lipinski definition) is 4. The summed E-state index contributed by atoms with van der Waals surface area (Å²) in [6.45, 7) is 5.49. The van der Waals surface area contributed by atoms with Gasteiger partial charge in [0.2, 0.25) is 0 Å². The summed E-state index contributed by atoms with van der Waals surface area (Å²) >= 11 is 0. The molecular formula is C15H21N3O2. The Balaban J connectivity index is 2.03. The number of fused-ring (bicyclic) bond motifs is 2. The smallest absolute Gasteiger partial charge is 0.163 e. The molecule has 1 aromatic heterocycles. The first kappa shape index (κ1) is 13.2. The Kier molecular flexibility index (Phi) is 3.30. The van der Waals surface area contributed by atoms with Gasteiger partial charge in [0.1, 0.15) is 5.82 Å². The fourth-order valence-corrected chi connectivity index (χ4v) is 2.57. The third kappa shape index (κ3) is 2.33. The monoisotopic (exact) mass is 275 g/mol. The summed E-state index contributed by atoms with van der Waals surface area (Å²) in [6, 6.07) is 3.88. The summed E-state index contributed by atoms with van der Waals surface area (Å²) in [6.07, 6.45) is 2.81. The Bertz CT molecular complexity index is 576. The number of nitrogens with two attached hydrogens (primary N) is 1. The van der Waals surface area contributed by atoms with Crippen molar-refractivity contribution < 1.29 is 9.47 Å². The van der Waals surface area contributed by atoms with Gasteiger partial charge in [-0.2, -0.15) is 0 Å². The lowest BCUT2D eigenvalue weighted by Gasteiger charge is -2.20. The van der Waals surface area contributed by atoms with Crippen LogP contribution in [0.2, 0.25) is 0 Å². The van der Waals surface area contributed by atoms with Crippen LogP contribution in [0, 0.1) is 0 Å². The first-order valence-electron chi connectivity index (χ1n) is 7.19. The Labute approximate surface area is 118 Å². The number of nitrogens with zero attached hydrogens (tertiary/aromatic N) is 1. The van der Waals surface area contributed by atoms with Crippen molar-refractivity contribution >= 4 is 11.0 Å². The highest BCUT2D eigenvalue weighted by molar-refractivity contribution is 5.80. The summed E-state index contributed by atoms with van der Waals surface area (Å²) < 4.78 is 11.4. The summed E-state index contributed by atoms with van der Waals surface area (Å²) in [5.74, 6) is 2.36. The summed E-state index contributed by atoms with van der Waals surface area (Å²) in [5, 5.41) is 0.